The highest BCUT2D eigenvalue weighted by Crippen LogP contribution is 2.44. The number of methoxy groups -OCH3 is 2. The molecule has 3 fully saturated rings. The van der Waals surface area contributed by atoms with E-state index in [2.05, 4.69) is 31.4 Å². The topological polar surface area (TPSA) is 95.3 Å². The molecule has 2 aliphatic carbocycles. The molecule has 2 aromatic heterocycles. The molecule has 5 rings (SSSR count). The maximum Gasteiger partial charge on any atom is 0.360 e. The Morgan fingerprint density at radius 3 is 2.59 bits per heavy atom. The standard InChI is InChI=1S/C20H26N6O3/c1-28-17-8-14-10-25(19-18(20(27)29-2)21-5-6-22-19)9-13(14)7-16(17)26-11-15(23-24-26)12-3-4-12/h5-6,11-14,16-17H,3-4,7-10H2,1-2H3/t13-,14+,16-,17-/m1/s1. The van der Waals surface area contributed by atoms with E-state index in [1.54, 1.807) is 13.3 Å². The molecular formula is C20H26N6O3. The summed E-state index contributed by atoms with van der Waals surface area (Å²) >= 11 is 0. The van der Waals surface area contributed by atoms with Gasteiger partial charge in [-0.15, -0.1) is 5.10 Å². The third kappa shape index (κ3) is 3.37. The minimum Gasteiger partial charge on any atom is -0.464 e. The molecule has 0 bridgehead atoms. The Morgan fingerprint density at radius 1 is 1.10 bits per heavy atom. The van der Waals surface area contributed by atoms with Gasteiger partial charge in [0.05, 0.1) is 24.9 Å². The molecule has 0 unspecified atom stereocenters. The minimum atomic E-state index is -0.453. The van der Waals surface area contributed by atoms with Crippen LogP contribution in [0.15, 0.2) is 18.6 Å². The number of hydrogen-bond donors (Lipinski definition) is 0. The van der Waals surface area contributed by atoms with Crippen molar-refractivity contribution in [3.63, 3.8) is 0 Å². The van der Waals surface area contributed by atoms with E-state index in [1.807, 2.05) is 4.68 Å². The molecule has 3 heterocycles. The van der Waals surface area contributed by atoms with Gasteiger partial charge >= 0.3 is 5.97 Å². The number of nitrogens with zero attached hydrogens (tertiary/aromatic N) is 6. The van der Waals surface area contributed by atoms with Crippen LogP contribution in [0.3, 0.4) is 0 Å². The summed E-state index contributed by atoms with van der Waals surface area (Å²) in [6.07, 6.45) is 9.73. The molecule has 0 N–H and O–H groups in total. The van der Waals surface area contributed by atoms with E-state index in [0.717, 1.165) is 31.6 Å². The largest absolute Gasteiger partial charge is 0.464 e. The van der Waals surface area contributed by atoms with E-state index >= 15 is 0 Å². The summed E-state index contributed by atoms with van der Waals surface area (Å²) in [6, 6.07) is 0.183. The Hall–Kier alpha value is -2.55. The molecule has 9 heteroatoms. The lowest BCUT2D eigenvalue weighted by Crippen LogP contribution is -2.37. The molecule has 0 aromatic carbocycles. The second-order valence-electron chi connectivity index (χ2n) is 8.36. The number of carbonyl (C=O) groups excluding carboxylic acids is 1. The first-order chi connectivity index (χ1) is 14.2. The molecule has 2 aromatic rings. The Balaban J connectivity index is 1.36. The lowest BCUT2D eigenvalue weighted by Gasteiger charge is -2.36. The van der Waals surface area contributed by atoms with Crippen molar-refractivity contribution in [3.8, 4) is 0 Å². The fourth-order valence-electron chi connectivity index (χ4n) is 4.92. The van der Waals surface area contributed by atoms with Crippen molar-refractivity contribution in [3.05, 3.63) is 30.0 Å². The molecular weight excluding hydrogens is 372 g/mol. The van der Waals surface area contributed by atoms with Crippen molar-refractivity contribution in [1.29, 1.82) is 0 Å². The van der Waals surface area contributed by atoms with Gasteiger partial charge in [-0.1, -0.05) is 5.21 Å². The van der Waals surface area contributed by atoms with Gasteiger partial charge in [0, 0.05) is 44.7 Å². The van der Waals surface area contributed by atoms with Crippen LogP contribution in [-0.4, -0.2) is 64.3 Å². The monoisotopic (exact) mass is 398 g/mol. The molecule has 154 valence electrons. The van der Waals surface area contributed by atoms with Gasteiger partial charge in [-0.05, 0) is 37.5 Å². The van der Waals surface area contributed by atoms with Gasteiger partial charge in [0.2, 0.25) is 0 Å². The van der Waals surface area contributed by atoms with Crippen molar-refractivity contribution in [2.75, 3.05) is 32.2 Å². The highest BCUT2D eigenvalue weighted by Gasteiger charge is 2.44. The van der Waals surface area contributed by atoms with Crippen LogP contribution in [0, 0.1) is 11.8 Å². The van der Waals surface area contributed by atoms with Crippen LogP contribution < -0.4 is 4.90 Å². The van der Waals surface area contributed by atoms with E-state index in [-0.39, 0.29) is 17.8 Å². The van der Waals surface area contributed by atoms with Crippen molar-refractivity contribution >= 4 is 11.8 Å². The molecule has 9 nitrogen and oxygen atoms in total. The summed E-state index contributed by atoms with van der Waals surface area (Å²) in [4.78, 5) is 22.9. The number of esters is 1. The van der Waals surface area contributed by atoms with Crippen LogP contribution >= 0.6 is 0 Å². The normalized spacial score (nSPS) is 29.0. The first kappa shape index (κ1) is 18.5. The zero-order valence-corrected chi connectivity index (χ0v) is 16.8. The molecule has 2 saturated carbocycles. The van der Waals surface area contributed by atoms with Crippen LogP contribution in [0.4, 0.5) is 5.82 Å². The SMILES string of the molecule is COC(=O)c1nccnc1N1C[C@H]2C[C@@H](n3cc(C4CC4)nn3)[C@H](OC)C[C@H]2C1. The van der Waals surface area contributed by atoms with Crippen molar-refractivity contribution in [1.82, 2.24) is 25.0 Å². The number of anilines is 1. The summed E-state index contributed by atoms with van der Waals surface area (Å²) in [6.45, 7) is 1.68. The summed E-state index contributed by atoms with van der Waals surface area (Å²) in [7, 11) is 3.15. The van der Waals surface area contributed by atoms with Crippen molar-refractivity contribution in [2.24, 2.45) is 11.8 Å². The van der Waals surface area contributed by atoms with E-state index < -0.39 is 5.97 Å². The van der Waals surface area contributed by atoms with Crippen molar-refractivity contribution in [2.45, 2.75) is 43.7 Å². The number of carbonyl (C=O) groups is 1. The Morgan fingerprint density at radius 2 is 1.86 bits per heavy atom. The van der Waals surface area contributed by atoms with E-state index in [1.165, 1.54) is 26.1 Å². The summed E-state index contributed by atoms with van der Waals surface area (Å²) in [5.41, 5.74) is 1.39. The van der Waals surface area contributed by atoms with Gasteiger partial charge in [0.25, 0.3) is 0 Å². The first-order valence-corrected chi connectivity index (χ1v) is 10.3. The fraction of sp³-hybridized carbons (Fsp3) is 0.650. The van der Waals surface area contributed by atoms with E-state index in [0.29, 0.717) is 23.6 Å². The minimum absolute atomic E-state index is 0.104. The smallest absolute Gasteiger partial charge is 0.360 e. The number of ether oxygens (including phenoxy) is 2. The van der Waals surface area contributed by atoms with Crippen LogP contribution in [0.25, 0.3) is 0 Å². The van der Waals surface area contributed by atoms with Gasteiger partial charge in [0.15, 0.2) is 11.5 Å². The first-order valence-electron chi connectivity index (χ1n) is 10.3. The summed E-state index contributed by atoms with van der Waals surface area (Å²) in [5.74, 6) is 1.71. The third-order valence-corrected chi connectivity index (χ3v) is 6.61. The predicted molar refractivity (Wildman–Crippen MR) is 104 cm³/mol. The quantitative estimate of drug-likeness (QED) is 0.704. The second kappa shape index (κ2) is 7.37. The summed E-state index contributed by atoms with van der Waals surface area (Å²) in [5, 5.41) is 8.82. The van der Waals surface area contributed by atoms with Crippen LogP contribution in [0.5, 0.6) is 0 Å². The maximum absolute atomic E-state index is 12.1. The highest BCUT2D eigenvalue weighted by molar-refractivity contribution is 5.92. The molecule has 1 saturated heterocycles. The molecule has 1 aliphatic heterocycles. The van der Waals surface area contributed by atoms with Gasteiger partial charge < -0.3 is 14.4 Å². The molecule has 3 aliphatic rings. The highest BCUT2D eigenvalue weighted by atomic mass is 16.5. The lowest BCUT2D eigenvalue weighted by atomic mass is 9.77. The predicted octanol–water partition coefficient (Wildman–Crippen LogP) is 1.83. The average Bonchev–Trinajstić information content (AvgIpc) is 3.34. The summed E-state index contributed by atoms with van der Waals surface area (Å²) < 4.78 is 12.8. The van der Waals surface area contributed by atoms with Crippen LogP contribution in [0.2, 0.25) is 0 Å². The van der Waals surface area contributed by atoms with Gasteiger partial charge in [-0.25, -0.2) is 19.4 Å². The van der Waals surface area contributed by atoms with Crippen LogP contribution in [0.1, 0.15) is 53.8 Å². The molecule has 4 atom stereocenters. The van der Waals surface area contributed by atoms with Gasteiger partial charge in [-0.2, -0.15) is 0 Å². The molecule has 0 amide bonds. The zero-order chi connectivity index (χ0) is 20.0. The molecule has 29 heavy (non-hydrogen) atoms. The fourth-order valence-corrected chi connectivity index (χ4v) is 4.92. The second-order valence-corrected chi connectivity index (χ2v) is 8.36. The van der Waals surface area contributed by atoms with E-state index in [4.69, 9.17) is 9.47 Å². The maximum atomic E-state index is 12.1. The molecule has 0 spiro atoms. The Bertz CT molecular complexity index is 898. The Labute approximate surface area is 169 Å². The van der Waals surface area contributed by atoms with Crippen LogP contribution in [-0.2, 0) is 9.47 Å². The lowest BCUT2D eigenvalue weighted by molar-refractivity contribution is -0.00542. The number of rotatable bonds is 5. The van der Waals surface area contributed by atoms with Gasteiger partial charge in [-0.3, -0.25) is 0 Å². The Kier molecular flexibility index (Phi) is 4.69. The average molecular weight is 398 g/mol. The van der Waals surface area contributed by atoms with Gasteiger partial charge in [0.1, 0.15) is 0 Å². The van der Waals surface area contributed by atoms with Crippen molar-refractivity contribution < 1.29 is 14.3 Å². The number of aromatic nitrogens is 5. The zero-order valence-electron chi connectivity index (χ0n) is 16.8. The van der Waals surface area contributed by atoms with E-state index in [9.17, 15) is 4.79 Å². The molecule has 0 radical (unpaired) electrons. The number of hydrogen-bond acceptors (Lipinski definition) is 8. The third-order valence-electron chi connectivity index (χ3n) is 6.61. The number of fused-ring (bicyclic) bond motifs is 1.